The van der Waals surface area contributed by atoms with E-state index in [4.69, 9.17) is 5.26 Å². The summed E-state index contributed by atoms with van der Waals surface area (Å²) in [6.07, 6.45) is -0.549. The summed E-state index contributed by atoms with van der Waals surface area (Å²) in [5.41, 5.74) is 2.45. The normalized spacial score (nSPS) is 11.8. The van der Waals surface area contributed by atoms with Crippen molar-refractivity contribution in [2.24, 2.45) is 0 Å². The van der Waals surface area contributed by atoms with Crippen molar-refractivity contribution in [2.45, 2.75) is 13.0 Å². The van der Waals surface area contributed by atoms with E-state index in [1.165, 1.54) is 0 Å². The summed E-state index contributed by atoms with van der Waals surface area (Å²) >= 11 is 0. The molecule has 0 aliphatic rings. The zero-order chi connectivity index (χ0) is 12.0. The molecule has 0 spiro atoms. The van der Waals surface area contributed by atoms with Gasteiger partial charge in [-0.25, -0.2) is 0 Å². The molecule has 0 saturated heterocycles. The first-order valence-corrected chi connectivity index (χ1v) is 5.16. The average Bonchev–Trinajstić information content (AvgIpc) is 2.28. The van der Waals surface area contributed by atoms with Crippen LogP contribution in [0.25, 0.3) is 0 Å². The van der Waals surface area contributed by atoms with Gasteiger partial charge >= 0.3 is 0 Å². The minimum atomic E-state index is -0.549. The SMILES string of the molecule is C=C(C)CNCC(O)c1ccc(C#N)cc1. The second-order valence-corrected chi connectivity index (χ2v) is 3.84. The van der Waals surface area contributed by atoms with Crippen LogP contribution in [0, 0.1) is 11.3 Å². The number of aliphatic hydroxyl groups excluding tert-OH is 1. The lowest BCUT2D eigenvalue weighted by Gasteiger charge is -2.12. The molecule has 0 aliphatic heterocycles. The first-order valence-electron chi connectivity index (χ1n) is 5.16. The smallest absolute Gasteiger partial charge is 0.0991 e. The fourth-order valence-corrected chi connectivity index (χ4v) is 1.32. The van der Waals surface area contributed by atoms with Crippen LogP contribution in [0.2, 0.25) is 0 Å². The van der Waals surface area contributed by atoms with Gasteiger partial charge < -0.3 is 10.4 Å². The number of aliphatic hydroxyl groups is 1. The van der Waals surface area contributed by atoms with Crippen LogP contribution in [0.15, 0.2) is 36.4 Å². The molecule has 1 aromatic carbocycles. The highest BCUT2D eigenvalue weighted by atomic mass is 16.3. The van der Waals surface area contributed by atoms with Crippen LogP contribution in [-0.2, 0) is 0 Å². The molecular weight excluding hydrogens is 200 g/mol. The molecule has 1 atom stereocenters. The fraction of sp³-hybridized carbons (Fsp3) is 0.308. The van der Waals surface area contributed by atoms with E-state index < -0.39 is 6.10 Å². The van der Waals surface area contributed by atoms with Gasteiger partial charge in [-0.05, 0) is 24.6 Å². The first kappa shape index (κ1) is 12.4. The number of nitrogens with one attached hydrogen (secondary N) is 1. The molecule has 16 heavy (non-hydrogen) atoms. The van der Waals surface area contributed by atoms with E-state index in [1.54, 1.807) is 24.3 Å². The number of nitrogens with zero attached hydrogens (tertiary/aromatic N) is 1. The van der Waals surface area contributed by atoms with Gasteiger partial charge in [-0.3, -0.25) is 0 Å². The van der Waals surface area contributed by atoms with Gasteiger partial charge in [0.05, 0.1) is 17.7 Å². The van der Waals surface area contributed by atoms with E-state index in [0.29, 0.717) is 18.7 Å². The van der Waals surface area contributed by atoms with Gasteiger partial charge in [0, 0.05) is 13.1 Å². The molecule has 0 heterocycles. The molecule has 0 bridgehead atoms. The van der Waals surface area contributed by atoms with E-state index in [-0.39, 0.29) is 0 Å². The van der Waals surface area contributed by atoms with E-state index in [1.807, 2.05) is 13.0 Å². The lowest BCUT2D eigenvalue weighted by Crippen LogP contribution is -2.22. The zero-order valence-electron chi connectivity index (χ0n) is 9.40. The summed E-state index contributed by atoms with van der Waals surface area (Å²) in [4.78, 5) is 0. The van der Waals surface area contributed by atoms with Crippen molar-refractivity contribution in [3.8, 4) is 6.07 Å². The van der Waals surface area contributed by atoms with Crippen molar-refractivity contribution in [3.63, 3.8) is 0 Å². The highest BCUT2D eigenvalue weighted by molar-refractivity contribution is 5.32. The minimum absolute atomic E-state index is 0.485. The highest BCUT2D eigenvalue weighted by Crippen LogP contribution is 2.12. The largest absolute Gasteiger partial charge is 0.387 e. The molecule has 0 amide bonds. The maximum atomic E-state index is 9.82. The molecule has 1 rings (SSSR count). The molecule has 0 aliphatic carbocycles. The lowest BCUT2D eigenvalue weighted by molar-refractivity contribution is 0.176. The number of hydrogen-bond donors (Lipinski definition) is 2. The monoisotopic (exact) mass is 216 g/mol. The summed E-state index contributed by atoms with van der Waals surface area (Å²) in [5.74, 6) is 0. The molecule has 3 nitrogen and oxygen atoms in total. The lowest BCUT2D eigenvalue weighted by atomic mass is 10.1. The number of nitriles is 1. The Kier molecular flexibility index (Phi) is 4.71. The molecular formula is C13H16N2O. The van der Waals surface area contributed by atoms with Gasteiger partial charge in [-0.15, -0.1) is 0 Å². The summed E-state index contributed by atoms with van der Waals surface area (Å²) in [5, 5.41) is 21.6. The first-order chi connectivity index (χ1) is 7.63. The van der Waals surface area contributed by atoms with Gasteiger partial charge in [0.1, 0.15) is 0 Å². The average molecular weight is 216 g/mol. The van der Waals surface area contributed by atoms with E-state index >= 15 is 0 Å². The Morgan fingerprint density at radius 2 is 2.12 bits per heavy atom. The molecule has 0 aromatic heterocycles. The predicted octanol–water partition coefficient (Wildman–Crippen LogP) is 1.76. The van der Waals surface area contributed by atoms with Crippen molar-refractivity contribution in [1.29, 1.82) is 5.26 Å². The third-order valence-corrected chi connectivity index (χ3v) is 2.19. The minimum Gasteiger partial charge on any atom is -0.387 e. The molecule has 0 radical (unpaired) electrons. The summed E-state index contributed by atoms with van der Waals surface area (Å²) in [6.45, 7) is 6.89. The van der Waals surface area contributed by atoms with Crippen molar-refractivity contribution >= 4 is 0 Å². The van der Waals surface area contributed by atoms with E-state index in [2.05, 4.69) is 11.9 Å². The van der Waals surface area contributed by atoms with Crippen molar-refractivity contribution in [2.75, 3.05) is 13.1 Å². The van der Waals surface area contributed by atoms with Crippen molar-refractivity contribution in [1.82, 2.24) is 5.32 Å². The third kappa shape index (κ3) is 3.85. The molecule has 1 unspecified atom stereocenters. The molecule has 2 N–H and O–H groups in total. The standard InChI is InChI=1S/C13H16N2O/c1-10(2)8-15-9-13(16)12-5-3-11(7-14)4-6-12/h3-6,13,15-16H,1,8-9H2,2H3. The summed E-state index contributed by atoms with van der Waals surface area (Å²) in [7, 11) is 0. The quantitative estimate of drug-likeness (QED) is 0.737. The maximum absolute atomic E-state index is 9.82. The Hall–Kier alpha value is -1.63. The predicted molar refractivity (Wildman–Crippen MR) is 63.8 cm³/mol. The van der Waals surface area contributed by atoms with E-state index in [0.717, 1.165) is 11.1 Å². The van der Waals surface area contributed by atoms with E-state index in [9.17, 15) is 5.11 Å². The number of benzene rings is 1. The summed E-state index contributed by atoms with van der Waals surface area (Å²) in [6, 6.07) is 8.99. The maximum Gasteiger partial charge on any atom is 0.0991 e. The Bertz CT molecular complexity index is 389. The van der Waals surface area contributed by atoms with Crippen LogP contribution in [0.3, 0.4) is 0 Å². The van der Waals surface area contributed by atoms with Crippen LogP contribution in [-0.4, -0.2) is 18.2 Å². The van der Waals surface area contributed by atoms with Gasteiger partial charge in [0.15, 0.2) is 0 Å². The van der Waals surface area contributed by atoms with Crippen LogP contribution in [0.4, 0.5) is 0 Å². The van der Waals surface area contributed by atoms with Gasteiger partial charge in [0.2, 0.25) is 0 Å². The van der Waals surface area contributed by atoms with Crippen LogP contribution in [0.1, 0.15) is 24.2 Å². The summed E-state index contributed by atoms with van der Waals surface area (Å²) < 4.78 is 0. The second kappa shape index (κ2) is 6.06. The topological polar surface area (TPSA) is 56.0 Å². The van der Waals surface area contributed by atoms with Crippen molar-refractivity contribution < 1.29 is 5.11 Å². The molecule has 3 heteroatoms. The Labute approximate surface area is 96.0 Å². The number of hydrogen-bond acceptors (Lipinski definition) is 3. The van der Waals surface area contributed by atoms with Crippen LogP contribution in [0.5, 0.6) is 0 Å². The van der Waals surface area contributed by atoms with Gasteiger partial charge in [-0.1, -0.05) is 24.3 Å². The Balaban J connectivity index is 2.49. The zero-order valence-corrected chi connectivity index (χ0v) is 9.40. The molecule has 0 fully saturated rings. The van der Waals surface area contributed by atoms with Gasteiger partial charge in [-0.2, -0.15) is 5.26 Å². The molecule has 84 valence electrons. The second-order valence-electron chi connectivity index (χ2n) is 3.84. The molecule has 1 aromatic rings. The fourth-order valence-electron chi connectivity index (χ4n) is 1.32. The van der Waals surface area contributed by atoms with Crippen molar-refractivity contribution in [3.05, 3.63) is 47.5 Å². The number of rotatable bonds is 5. The Morgan fingerprint density at radius 1 is 1.50 bits per heavy atom. The molecule has 0 saturated carbocycles. The van der Waals surface area contributed by atoms with Gasteiger partial charge in [0.25, 0.3) is 0 Å². The van der Waals surface area contributed by atoms with Crippen LogP contribution < -0.4 is 5.32 Å². The highest BCUT2D eigenvalue weighted by Gasteiger charge is 2.06. The van der Waals surface area contributed by atoms with Crippen LogP contribution >= 0.6 is 0 Å². The Morgan fingerprint density at radius 3 is 2.62 bits per heavy atom. The third-order valence-electron chi connectivity index (χ3n) is 2.19.